The molecule has 0 aromatic heterocycles. The molecule has 0 heterocycles. The van der Waals surface area contributed by atoms with Crippen molar-refractivity contribution in [2.75, 3.05) is 27.7 Å². The van der Waals surface area contributed by atoms with Crippen molar-refractivity contribution < 1.29 is 0 Å². The minimum absolute atomic E-state index is 0.697. The van der Waals surface area contributed by atoms with E-state index >= 15 is 0 Å². The smallest absolute Gasteiger partial charge is 0.00736 e. The van der Waals surface area contributed by atoms with Crippen LogP contribution in [0.25, 0.3) is 0 Å². The molecule has 0 fully saturated rings. The molecule has 0 aliphatic heterocycles. The minimum Gasteiger partial charge on any atom is -0.317 e. The third-order valence-electron chi connectivity index (χ3n) is 1.83. The summed E-state index contributed by atoms with van der Waals surface area (Å²) in [5.74, 6) is 0. The fourth-order valence-corrected chi connectivity index (χ4v) is 0.967. The normalized spacial score (nSPS) is 14.1. The summed E-state index contributed by atoms with van der Waals surface area (Å²) in [5.41, 5.74) is 0. The maximum atomic E-state index is 3.28. The lowest BCUT2D eigenvalue weighted by atomic mass is 10.1. The number of nitrogens with zero attached hydrogens (tertiary/aromatic N) is 1. The first-order chi connectivity index (χ1) is 4.70. The van der Waals surface area contributed by atoms with Crippen molar-refractivity contribution in [1.29, 1.82) is 0 Å². The summed E-state index contributed by atoms with van der Waals surface area (Å²) in [6, 6.07) is 0.697. The van der Waals surface area contributed by atoms with Gasteiger partial charge in [-0.25, -0.2) is 0 Å². The van der Waals surface area contributed by atoms with Crippen molar-refractivity contribution in [1.82, 2.24) is 10.2 Å². The van der Waals surface area contributed by atoms with E-state index in [2.05, 4.69) is 31.2 Å². The Morgan fingerprint density at radius 2 is 2.00 bits per heavy atom. The van der Waals surface area contributed by atoms with Gasteiger partial charge < -0.3 is 10.2 Å². The van der Waals surface area contributed by atoms with Gasteiger partial charge in [0.2, 0.25) is 0 Å². The molecule has 0 amide bonds. The average Bonchev–Trinajstić information content (AvgIpc) is 1.90. The van der Waals surface area contributed by atoms with Crippen LogP contribution >= 0.6 is 0 Å². The Bertz CT molecular complexity index is 67.7. The van der Waals surface area contributed by atoms with Crippen LogP contribution in [0.15, 0.2) is 0 Å². The van der Waals surface area contributed by atoms with Crippen LogP contribution in [0.5, 0.6) is 0 Å². The molecule has 10 heavy (non-hydrogen) atoms. The molecule has 0 aliphatic rings. The van der Waals surface area contributed by atoms with Crippen LogP contribution < -0.4 is 5.32 Å². The van der Waals surface area contributed by atoms with Crippen LogP contribution in [0.2, 0.25) is 0 Å². The van der Waals surface area contributed by atoms with Gasteiger partial charge in [-0.15, -0.1) is 0 Å². The van der Waals surface area contributed by atoms with E-state index in [0.29, 0.717) is 6.04 Å². The molecule has 0 bridgehead atoms. The van der Waals surface area contributed by atoms with E-state index in [1.807, 2.05) is 7.05 Å². The van der Waals surface area contributed by atoms with Gasteiger partial charge in [-0.3, -0.25) is 0 Å². The molecular formula is C8H20N2. The second-order valence-corrected chi connectivity index (χ2v) is 2.99. The molecule has 2 heteroatoms. The number of hydrogen-bond acceptors (Lipinski definition) is 2. The fourth-order valence-electron chi connectivity index (χ4n) is 0.967. The summed E-state index contributed by atoms with van der Waals surface area (Å²) in [4.78, 5) is 2.22. The predicted molar refractivity (Wildman–Crippen MR) is 46.3 cm³/mol. The zero-order chi connectivity index (χ0) is 7.98. The second kappa shape index (κ2) is 5.69. The van der Waals surface area contributed by atoms with E-state index in [0.717, 1.165) is 0 Å². The molecule has 0 aliphatic carbocycles. The van der Waals surface area contributed by atoms with Crippen LogP contribution in [-0.4, -0.2) is 38.6 Å². The predicted octanol–water partition coefficient (Wildman–Crippen LogP) is 0.936. The lowest BCUT2D eigenvalue weighted by Gasteiger charge is -2.16. The second-order valence-electron chi connectivity index (χ2n) is 2.99. The van der Waals surface area contributed by atoms with Crippen LogP contribution in [0.4, 0.5) is 0 Å². The lowest BCUT2D eigenvalue weighted by Crippen LogP contribution is -2.28. The highest BCUT2D eigenvalue weighted by Gasteiger charge is 2.01. The summed E-state index contributed by atoms with van der Waals surface area (Å²) < 4.78 is 0. The van der Waals surface area contributed by atoms with Crippen LogP contribution in [0.1, 0.15) is 19.8 Å². The Morgan fingerprint density at radius 1 is 1.40 bits per heavy atom. The molecule has 1 atom stereocenters. The SMILES string of the molecule is CCC(CCN(C)C)NC. The summed E-state index contributed by atoms with van der Waals surface area (Å²) in [7, 11) is 6.26. The summed E-state index contributed by atoms with van der Waals surface area (Å²) >= 11 is 0. The molecule has 62 valence electrons. The highest BCUT2D eigenvalue weighted by molar-refractivity contribution is 4.62. The van der Waals surface area contributed by atoms with Gasteiger partial charge in [0, 0.05) is 6.04 Å². The largest absolute Gasteiger partial charge is 0.317 e. The molecule has 0 radical (unpaired) electrons. The maximum absolute atomic E-state index is 3.28. The van der Waals surface area contributed by atoms with Crippen molar-refractivity contribution in [3.8, 4) is 0 Å². The fraction of sp³-hybridized carbons (Fsp3) is 1.00. The maximum Gasteiger partial charge on any atom is 0.00736 e. The molecular weight excluding hydrogens is 124 g/mol. The topological polar surface area (TPSA) is 15.3 Å². The quantitative estimate of drug-likeness (QED) is 0.617. The average molecular weight is 144 g/mol. The highest BCUT2D eigenvalue weighted by atomic mass is 15.1. The van der Waals surface area contributed by atoms with Gasteiger partial charge >= 0.3 is 0 Å². The van der Waals surface area contributed by atoms with Crippen LogP contribution in [0, 0.1) is 0 Å². The molecule has 0 saturated heterocycles. The number of nitrogens with one attached hydrogen (secondary N) is 1. The van der Waals surface area contributed by atoms with Crippen molar-refractivity contribution in [3.05, 3.63) is 0 Å². The first kappa shape index (κ1) is 9.92. The molecule has 1 unspecified atom stereocenters. The first-order valence-corrected chi connectivity index (χ1v) is 4.02. The highest BCUT2D eigenvalue weighted by Crippen LogP contribution is 1.96. The van der Waals surface area contributed by atoms with Crippen molar-refractivity contribution in [2.24, 2.45) is 0 Å². The van der Waals surface area contributed by atoms with Gasteiger partial charge in [-0.2, -0.15) is 0 Å². The Hall–Kier alpha value is -0.0800. The lowest BCUT2D eigenvalue weighted by molar-refractivity contribution is 0.361. The van der Waals surface area contributed by atoms with Gasteiger partial charge in [0.25, 0.3) is 0 Å². The van der Waals surface area contributed by atoms with E-state index in [4.69, 9.17) is 0 Å². The van der Waals surface area contributed by atoms with Crippen LogP contribution in [0.3, 0.4) is 0 Å². The standard InChI is InChI=1S/C8H20N2/c1-5-8(9-2)6-7-10(3)4/h8-9H,5-7H2,1-4H3. The minimum atomic E-state index is 0.697. The summed E-state index contributed by atoms with van der Waals surface area (Å²) in [6.07, 6.45) is 2.48. The molecule has 2 nitrogen and oxygen atoms in total. The van der Waals surface area contributed by atoms with Gasteiger partial charge in [-0.05, 0) is 40.5 Å². The molecule has 0 aromatic carbocycles. The van der Waals surface area contributed by atoms with Gasteiger partial charge in [0.05, 0.1) is 0 Å². The third-order valence-corrected chi connectivity index (χ3v) is 1.83. The molecule has 0 saturated carbocycles. The Kier molecular flexibility index (Phi) is 5.64. The van der Waals surface area contributed by atoms with Gasteiger partial charge in [0.1, 0.15) is 0 Å². The Labute approximate surface area is 64.6 Å². The molecule has 0 spiro atoms. The third kappa shape index (κ3) is 4.77. The zero-order valence-electron chi connectivity index (χ0n) is 7.65. The molecule has 1 N–H and O–H groups in total. The van der Waals surface area contributed by atoms with Crippen molar-refractivity contribution >= 4 is 0 Å². The zero-order valence-corrected chi connectivity index (χ0v) is 7.65. The molecule has 0 rings (SSSR count). The van der Waals surface area contributed by atoms with E-state index in [1.54, 1.807) is 0 Å². The Balaban J connectivity index is 3.26. The number of hydrogen-bond donors (Lipinski definition) is 1. The van der Waals surface area contributed by atoms with E-state index in [-0.39, 0.29) is 0 Å². The van der Waals surface area contributed by atoms with Crippen LogP contribution in [-0.2, 0) is 0 Å². The van der Waals surface area contributed by atoms with Crippen molar-refractivity contribution in [3.63, 3.8) is 0 Å². The monoisotopic (exact) mass is 144 g/mol. The van der Waals surface area contributed by atoms with Gasteiger partial charge in [-0.1, -0.05) is 6.92 Å². The Morgan fingerprint density at radius 3 is 2.30 bits per heavy atom. The number of rotatable bonds is 5. The summed E-state index contributed by atoms with van der Waals surface area (Å²) in [5, 5.41) is 3.28. The van der Waals surface area contributed by atoms with Crippen molar-refractivity contribution in [2.45, 2.75) is 25.8 Å². The van der Waals surface area contributed by atoms with E-state index < -0.39 is 0 Å². The van der Waals surface area contributed by atoms with E-state index in [1.165, 1.54) is 19.4 Å². The van der Waals surface area contributed by atoms with Gasteiger partial charge in [0.15, 0.2) is 0 Å². The molecule has 0 aromatic rings. The summed E-state index contributed by atoms with van der Waals surface area (Å²) in [6.45, 7) is 3.40. The first-order valence-electron chi connectivity index (χ1n) is 4.02. The van der Waals surface area contributed by atoms with E-state index in [9.17, 15) is 0 Å².